The molecule has 3 N–H and O–H groups in total. The Hall–Kier alpha value is -1.24. The zero-order chi connectivity index (χ0) is 14.6. The van der Waals surface area contributed by atoms with Gasteiger partial charge in [0.1, 0.15) is 0 Å². The highest BCUT2D eigenvalue weighted by Crippen LogP contribution is 2.14. The van der Waals surface area contributed by atoms with Crippen LogP contribution in [0.15, 0.2) is 10.9 Å². The summed E-state index contributed by atoms with van der Waals surface area (Å²) in [4.78, 5) is 15.7. The fraction of sp³-hybridized carbons (Fsp3) is 0.714. The van der Waals surface area contributed by atoms with Crippen molar-refractivity contribution in [3.63, 3.8) is 0 Å². The molecule has 0 bridgehead atoms. The summed E-state index contributed by atoms with van der Waals surface area (Å²) in [6.45, 7) is 7.11. The minimum atomic E-state index is -0.663. The minimum Gasteiger partial charge on any atom is -0.387 e. The van der Waals surface area contributed by atoms with Crippen LogP contribution in [0.4, 0.5) is 0 Å². The molecule has 2 rings (SSSR count). The SMILES string of the molecule is Cc1cc(C)n(CCNCC2(O)CCCNC2)c(=O)n1. The van der Waals surface area contributed by atoms with E-state index in [1.807, 2.05) is 19.9 Å². The first-order chi connectivity index (χ1) is 9.50. The van der Waals surface area contributed by atoms with E-state index >= 15 is 0 Å². The lowest BCUT2D eigenvalue weighted by Gasteiger charge is -2.32. The fourth-order valence-corrected chi connectivity index (χ4v) is 2.66. The third-order valence-electron chi connectivity index (χ3n) is 3.76. The Bertz CT molecular complexity index is 506. The lowest BCUT2D eigenvalue weighted by Crippen LogP contribution is -2.52. The maximum atomic E-state index is 11.8. The third-order valence-corrected chi connectivity index (χ3v) is 3.76. The van der Waals surface area contributed by atoms with E-state index < -0.39 is 5.60 Å². The van der Waals surface area contributed by atoms with E-state index in [9.17, 15) is 9.90 Å². The van der Waals surface area contributed by atoms with E-state index in [-0.39, 0.29) is 5.69 Å². The summed E-state index contributed by atoms with van der Waals surface area (Å²) >= 11 is 0. The Labute approximate surface area is 119 Å². The van der Waals surface area contributed by atoms with Crippen LogP contribution in [0.5, 0.6) is 0 Å². The van der Waals surface area contributed by atoms with E-state index in [2.05, 4.69) is 15.6 Å². The van der Waals surface area contributed by atoms with Crippen molar-refractivity contribution in [3.8, 4) is 0 Å². The monoisotopic (exact) mass is 280 g/mol. The number of hydrogen-bond acceptors (Lipinski definition) is 5. The zero-order valence-corrected chi connectivity index (χ0v) is 12.3. The molecule has 2 heterocycles. The van der Waals surface area contributed by atoms with Gasteiger partial charge in [-0.2, -0.15) is 4.98 Å². The maximum absolute atomic E-state index is 11.8. The van der Waals surface area contributed by atoms with Gasteiger partial charge in [-0.1, -0.05) is 0 Å². The van der Waals surface area contributed by atoms with E-state index in [0.29, 0.717) is 26.2 Å². The number of nitrogens with one attached hydrogen (secondary N) is 2. The van der Waals surface area contributed by atoms with Crippen molar-refractivity contribution in [2.75, 3.05) is 26.2 Å². The summed E-state index contributed by atoms with van der Waals surface area (Å²) < 4.78 is 1.66. The van der Waals surface area contributed by atoms with Gasteiger partial charge in [-0.05, 0) is 39.3 Å². The molecule has 0 aliphatic carbocycles. The van der Waals surface area contributed by atoms with E-state index in [0.717, 1.165) is 30.8 Å². The Kier molecular flexibility index (Phi) is 4.91. The minimum absolute atomic E-state index is 0.206. The Balaban J connectivity index is 1.83. The molecule has 1 aromatic heterocycles. The van der Waals surface area contributed by atoms with Crippen LogP contribution < -0.4 is 16.3 Å². The first kappa shape index (κ1) is 15.2. The molecule has 0 radical (unpaired) electrons. The van der Waals surface area contributed by atoms with Crippen LogP contribution in [0, 0.1) is 13.8 Å². The van der Waals surface area contributed by atoms with Gasteiger partial charge in [0.25, 0.3) is 0 Å². The molecule has 0 spiro atoms. The van der Waals surface area contributed by atoms with E-state index in [1.54, 1.807) is 4.57 Å². The topological polar surface area (TPSA) is 79.2 Å². The Morgan fingerprint density at radius 3 is 3.00 bits per heavy atom. The van der Waals surface area contributed by atoms with Crippen LogP contribution in [0.25, 0.3) is 0 Å². The zero-order valence-electron chi connectivity index (χ0n) is 12.3. The Morgan fingerprint density at radius 1 is 1.55 bits per heavy atom. The van der Waals surface area contributed by atoms with Crippen molar-refractivity contribution in [2.24, 2.45) is 0 Å². The van der Waals surface area contributed by atoms with Gasteiger partial charge in [0.15, 0.2) is 0 Å². The van der Waals surface area contributed by atoms with Gasteiger partial charge in [0.2, 0.25) is 0 Å². The average molecular weight is 280 g/mol. The molecule has 1 aliphatic rings. The first-order valence-electron chi connectivity index (χ1n) is 7.19. The summed E-state index contributed by atoms with van der Waals surface area (Å²) in [5.74, 6) is 0. The molecule has 1 aromatic rings. The molecule has 0 amide bonds. The predicted molar refractivity (Wildman–Crippen MR) is 77.9 cm³/mol. The van der Waals surface area contributed by atoms with Gasteiger partial charge < -0.3 is 15.7 Å². The molecule has 20 heavy (non-hydrogen) atoms. The molecule has 1 aliphatic heterocycles. The molecule has 6 nitrogen and oxygen atoms in total. The van der Waals surface area contributed by atoms with Crippen LogP contribution in [-0.4, -0.2) is 46.4 Å². The molecular formula is C14H24N4O2. The second kappa shape index (κ2) is 6.47. The first-order valence-corrected chi connectivity index (χ1v) is 7.19. The van der Waals surface area contributed by atoms with Gasteiger partial charge in [-0.15, -0.1) is 0 Å². The van der Waals surface area contributed by atoms with Crippen molar-refractivity contribution in [2.45, 2.75) is 38.8 Å². The van der Waals surface area contributed by atoms with Crippen LogP contribution >= 0.6 is 0 Å². The second-order valence-corrected chi connectivity index (χ2v) is 5.65. The summed E-state index contributed by atoms with van der Waals surface area (Å²) in [7, 11) is 0. The Morgan fingerprint density at radius 2 is 2.35 bits per heavy atom. The molecule has 6 heteroatoms. The number of aliphatic hydroxyl groups is 1. The molecule has 112 valence electrons. The van der Waals surface area contributed by atoms with Gasteiger partial charge in [0.05, 0.1) is 5.60 Å². The molecule has 1 atom stereocenters. The highest BCUT2D eigenvalue weighted by atomic mass is 16.3. The summed E-state index contributed by atoms with van der Waals surface area (Å²) in [6.07, 6.45) is 1.82. The van der Waals surface area contributed by atoms with E-state index in [4.69, 9.17) is 0 Å². The molecule has 1 unspecified atom stereocenters. The molecule has 0 aromatic carbocycles. The highest BCUT2D eigenvalue weighted by Gasteiger charge is 2.28. The summed E-state index contributed by atoms with van der Waals surface area (Å²) in [5, 5.41) is 16.7. The number of nitrogens with zero attached hydrogens (tertiary/aromatic N) is 2. The normalized spacial score (nSPS) is 22.9. The van der Waals surface area contributed by atoms with Gasteiger partial charge in [-0.25, -0.2) is 4.79 Å². The number of aromatic nitrogens is 2. The number of piperidine rings is 1. The van der Waals surface area contributed by atoms with Gasteiger partial charge in [0, 0.05) is 37.6 Å². The fourth-order valence-electron chi connectivity index (χ4n) is 2.66. The highest BCUT2D eigenvalue weighted by molar-refractivity contribution is 5.06. The summed E-state index contributed by atoms with van der Waals surface area (Å²) in [6, 6.07) is 1.90. The molecule has 1 saturated heterocycles. The predicted octanol–water partition coefficient (Wildman–Crippen LogP) is -0.436. The van der Waals surface area contributed by atoms with Crippen LogP contribution in [0.1, 0.15) is 24.2 Å². The largest absolute Gasteiger partial charge is 0.387 e. The van der Waals surface area contributed by atoms with Crippen molar-refractivity contribution in [1.29, 1.82) is 0 Å². The second-order valence-electron chi connectivity index (χ2n) is 5.65. The standard InChI is InChI=1S/C14H24N4O2/c1-11-8-12(2)18(13(19)17-11)7-6-16-10-14(20)4-3-5-15-9-14/h8,15-16,20H,3-7,9-10H2,1-2H3. The molecule has 0 saturated carbocycles. The third kappa shape index (κ3) is 3.88. The number of hydrogen-bond donors (Lipinski definition) is 3. The van der Waals surface area contributed by atoms with Gasteiger partial charge >= 0.3 is 5.69 Å². The molecule has 1 fully saturated rings. The van der Waals surface area contributed by atoms with Gasteiger partial charge in [-0.3, -0.25) is 4.57 Å². The smallest absolute Gasteiger partial charge is 0.347 e. The van der Waals surface area contributed by atoms with E-state index in [1.165, 1.54) is 0 Å². The number of β-amino-alcohol motifs (C(OH)–C–C–N with tert-alkyl or cyclic N) is 1. The van der Waals surface area contributed by atoms with Crippen LogP contribution in [0.2, 0.25) is 0 Å². The number of rotatable bonds is 5. The van der Waals surface area contributed by atoms with Crippen LogP contribution in [-0.2, 0) is 6.54 Å². The van der Waals surface area contributed by atoms with Crippen molar-refractivity contribution < 1.29 is 5.11 Å². The molecular weight excluding hydrogens is 256 g/mol. The maximum Gasteiger partial charge on any atom is 0.347 e. The van der Waals surface area contributed by atoms with Crippen LogP contribution in [0.3, 0.4) is 0 Å². The summed E-state index contributed by atoms with van der Waals surface area (Å²) in [5.41, 5.74) is 0.799. The van der Waals surface area contributed by atoms with Crippen molar-refractivity contribution in [1.82, 2.24) is 20.2 Å². The lowest BCUT2D eigenvalue weighted by molar-refractivity contribution is 0.0171. The van der Waals surface area contributed by atoms with Crippen molar-refractivity contribution >= 4 is 0 Å². The quantitative estimate of drug-likeness (QED) is 0.638. The number of aryl methyl sites for hydroxylation is 2. The van der Waals surface area contributed by atoms with Crippen molar-refractivity contribution in [3.05, 3.63) is 27.9 Å². The lowest BCUT2D eigenvalue weighted by atomic mass is 9.94. The average Bonchev–Trinajstić information content (AvgIpc) is 2.37.